The van der Waals surface area contributed by atoms with Crippen LogP contribution < -0.4 is 5.73 Å². The van der Waals surface area contributed by atoms with Gasteiger partial charge in [-0.1, -0.05) is 18.2 Å². The van der Waals surface area contributed by atoms with Crippen molar-refractivity contribution in [2.75, 3.05) is 0 Å². The fourth-order valence-corrected chi connectivity index (χ4v) is 2.08. The summed E-state index contributed by atoms with van der Waals surface area (Å²) in [6.07, 6.45) is 3.66. The van der Waals surface area contributed by atoms with Crippen LogP contribution >= 0.6 is 0 Å². The van der Waals surface area contributed by atoms with Gasteiger partial charge in [0.15, 0.2) is 5.82 Å². The maximum Gasteiger partial charge on any atom is 0.154 e. The van der Waals surface area contributed by atoms with Crippen LogP contribution in [0.15, 0.2) is 30.6 Å². The predicted molar refractivity (Wildman–Crippen MR) is 56.6 cm³/mol. The molecule has 2 N–H and O–H groups in total. The molecule has 1 aliphatic heterocycles. The highest BCUT2D eigenvalue weighted by Crippen LogP contribution is 2.26. The van der Waals surface area contributed by atoms with Crippen LogP contribution in [0.5, 0.6) is 0 Å². The molecule has 4 heteroatoms. The summed E-state index contributed by atoms with van der Waals surface area (Å²) < 4.78 is 1.99. The predicted octanol–water partition coefficient (Wildman–Crippen LogP) is 1.21. The van der Waals surface area contributed by atoms with Crippen molar-refractivity contribution in [3.05, 3.63) is 42.0 Å². The number of aryl methyl sites for hydroxylation is 1. The number of nitrogens with zero attached hydrogens (tertiary/aromatic N) is 3. The molecule has 0 bridgehead atoms. The molecule has 1 atom stereocenters. The van der Waals surface area contributed by atoms with E-state index in [1.54, 1.807) is 6.33 Å². The van der Waals surface area contributed by atoms with E-state index in [4.69, 9.17) is 5.73 Å². The van der Waals surface area contributed by atoms with Gasteiger partial charge in [0, 0.05) is 0 Å². The molecule has 0 fully saturated rings. The SMILES string of the molecule is NC1CCc2ccccc2-n2cnnc21. The topological polar surface area (TPSA) is 56.7 Å². The van der Waals surface area contributed by atoms with Gasteiger partial charge in [-0.15, -0.1) is 10.2 Å². The van der Waals surface area contributed by atoms with Crippen molar-refractivity contribution in [1.82, 2.24) is 14.8 Å². The number of hydrogen-bond donors (Lipinski definition) is 1. The van der Waals surface area contributed by atoms with Crippen LogP contribution in [-0.4, -0.2) is 14.8 Å². The van der Waals surface area contributed by atoms with E-state index >= 15 is 0 Å². The van der Waals surface area contributed by atoms with Crippen molar-refractivity contribution in [3.8, 4) is 5.69 Å². The average Bonchev–Trinajstić information content (AvgIpc) is 2.71. The zero-order chi connectivity index (χ0) is 10.3. The first-order valence-electron chi connectivity index (χ1n) is 5.10. The van der Waals surface area contributed by atoms with Crippen LogP contribution in [0.2, 0.25) is 0 Å². The van der Waals surface area contributed by atoms with Crippen molar-refractivity contribution < 1.29 is 0 Å². The summed E-state index contributed by atoms with van der Waals surface area (Å²) in [5.41, 5.74) is 8.52. The van der Waals surface area contributed by atoms with Crippen molar-refractivity contribution in [1.29, 1.82) is 0 Å². The van der Waals surface area contributed by atoms with Gasteiger partial charge in [0.25, 0.3) is 0 Å². The van der Waals surface area contributed by atoms with E-state index in [2.05, 4.69) is 28.4 Å². The second-order valence-corrected chi connectivity index (χ2v) is 3.83. The molecule has 0 spiro atoms. The molecular weight excluding hydrogens is 188 g/mol. The quantitative estimate of drug-likeness (QED) is 0.695. The lowest BCUT2D eigenvalue weighted by molar-refractivity contribution is 0.617. The van der Waals surface area contributed by atoms with Crippen LogP contribution in [0.25, 0.3) is 5.69 Å². The van der Waals surface area contributed by atoms with Gasteiger partial charge in [0.2, 0.25) is 0 Å². The van der Waals surface area contributed by atoms with Crippen LogP contribution in [0, 0.1) is 0 Å². The van der Waals surface area contributed by atoms with Crippen molar-refractivity contribution in [3.63, 3.8) is 0 Å². The molecule has 15 heavy (non-hydrogen) atoms. The number of para-hydroxylation sites is 1. The van der Waals surface area contributed by atoms with Crippen LogP contribution in [0.4, 0.5) is 0 Å². The van der Waals surface area contributed by atoms with E-state index in [0.717, 1.165) is 24.4 Å². The minimum Gasteiger partial charge on any atom is -0.321 e. The van der Waals surface area contributed by atoms with Gasteiger partial charge in [-0.2, -0.15) is 0 Å². The lowest BCUT2D eigenvalue weighted by Crippen LogP contribution is -2.13. The van der Waals surface area contributed by atoms with Gasteiger partial charge in [-0.3, -0.25) is 4.57 Å². The Labute approximate surface area is 87.7 Å². The third-order valence-corrected chi connectivity index (χ3v) is 2.88. The molecule has 0 saturated carbocycles. The molecule has 3 rings (SSSR count). The van der Waals surface area contributed by atoms with E-state index in [1.807, 2.05) is 10.6 Å². The van der Waals surface area contributed by atoms with Crippen molar-refractivity contribution >= 4 is 0 Å². The minimum absolute atomic E-state index is 0.0140. The largest absolute Gasteiger partial charge is 0.321 e. The normalized spacial score (nSPS) is 19.1. The molecule has 1 unspecified atom stereocenters. The van der Waals surface area contributed by atoms with Gasteiger partial charge in [0.1, 0.15) is 6.33 Å². The van der Waals surface area contributed by atoms with Gasteiger partial charge in [0.05, 0.1) is 11.7 Å². The van der Waals surface area contributed by atoms with Gasteiger partial charge in [-0.25, -0.2) is 0 Å². The Morgan fingerprint density at radius 1 is 1.33 bits per heavy atom. The molecule has 76 valence electrons. The molecule has 0 amide bonds. The second kappa shape index (κ2) is 3.17. The average molecular weight is 200 g/mol. The summed E-state index contributed by atoms with van der Waals surface area (Å²) in [6, 6.07) is 8.29. The fourth-order valence-electron chi connectivity index (χ4n) is 2.08. The molecule has 0 radical (unpaired) electrons. The van der Waals surface area contributed by atoms with Crippen molar-refractivity contribution in [2.45, 2.75) is 18.9 Å². The Hall–Kier alpha value is -1.68. The number of hydrogen-bond acceptors (Lipinski definition) is 3. The summed E-state index contributed by atoms with van der Waals surface area (Å²) >= 11 is 0. The molecule has 2 aromatic rings. The lowest BCUT2D eigenvalue weighted by atomic mass is 10.1. The molecule has 1 aliphatic rings. The first-order chi connectivity index (χ1) is 7.36. The first kappa shape index (κ1) is 8.61. The maximum absolute atomic E-state index is 6.05. The highest BCUT2D eigenvalue weighted by Gasteiger charge is 2.20. The molecule has 4 nitrogen and oxygen atoms in total. The molecule has 0 aliphatic carbocycles. The first-order valence-corrected chi connectivity index (χ1v) is 5.10. The fraction of sp³-hybridized carbons (Fsp3) is 0.273. The Balaban J connectivity index is 2.26. The summed E-state index contributed by atoms with van der Waals surface area (Å²) in [7, 11) is 0. The standard InChI is InChI=1S/C11H12N4/c12-9-6-5-8-3-1-2-4-10(8)15-7-13-14-11(9)15/h1-4,7,9H,5-6,12H2. The second-order valence-electron chi connectivity index (χ2n) is 3.83. The van der Waals surface area contributed by atoms with E-state index in [-0.39, 0.29) is 6.04 Å². The molecular formula is C11H12N4. The Kier molecular flexibility index (Phi) is 1.82. The number of rotatable bonds is 0. The summed E-state index contributed by atoms with van der Waals surface area (Å²) in [5.74, 6) is 0.861. The third-order valence-electron chi connectivity index (χ3n) is 2.88. The van der Waals surface area contributed by atoms with Crippen LogP contribution in [0.3, 0.4) is 0 Å². The molecule has 1 aromatic heterocycles. The smallest absolute Gasteiger partial charge is 0.154 e. The van der Waals surface area contributed by atoms with Crippen LogP contribution in [0.1, 0.15) is 23.9 Å². The molecule has 1 aromatic carbocycles. The molecule has 0 saturated heterocycles. The maximum atomic E-state index is 6.05. The number of fused-ring (bicyclic) bond motifs is 3. The zero-order valence-corrected chi connectivity index (χ0v) is 8.30. The summed E-state index contributed by atoms with van der Waals surface area (Å²) in [4.78, 5) is 0. The van der Waals surface area contributed by atoms with Crippen LogP contribution in [-0.2, 0) is 6.42 Å². The summed E-state index contributed by atoms with van der Waals surface area (Å²) in [6.45, 7) is 0. The molecule has 2 heterocycles. The van der Waals surface area contributed by atoms with Gasteiger partial charge >= 0.3 is 0 Å². The van der Waals surface area contributed by atoms with E-state index in [9.17, 15) is 0 Å². The van der Waals surface area contributed by atoms with Gasteiger partial charge in [-0.05, 0) is 24.5 Å². The number of aromatic nitrogens is 3. The Bertz CT molecular complexity index is 489. The lowest BCUT2D eigenvalue weighted by Gasteiger charge is -2.07. The van der Waals surface area contributed by atoms with E-state index in [1.165, 1.54) is 5.56 Å². The van der Waals surface area contributed by atoms with E-state index < -0.39 is 0 Å². The third kappa shape index (κ3) is 1.26. The monoisotopic (exact) mass is 200 g/mol. The number of benzene rings is 1. The number of nitrogens with two attached hydrogens (primary N) is 1. The van der Waals surface area contributed by atoms with Crippen molar-refractivity contribution in [2.24, 2.45) is 5.73 Å². The van der Waals surface area contributed by atoms with Gasteiger partial charge < -0.3 is 5.73 Å². The Morgan fingerprint density at radius 2 is 2.20 bits per heavy atom. The van der Waals surface area contributed by atoms with E-state index in [0.29, 0.717) is 0 Å². The summed E-state index contributed by atoms with van der Waals surface area (Å²) in [5, 5.41) is 8.01. The highest BCUT2D eigenvalue weighted by molar-refractivity contribution is 5.43. The zero-order valence-electron chi connectivity index (χ0n) is 8.30. The Morgan fingerprint density at radius 3 is 3.13 bits per heavy atom. The highest BCUT2D eigenvalue weighted by atomic mass is 15.3. The minimum atomic E-state index is -0.0140.